The van der Waals surface area contributed by atoms with E-state index < -0.39 is 26.6 Å². The lowest BCUT2D eigenvalue weighted by atomic mass is 10.1. The van der Waals surface area contributed by atoms with Crippen LogP contribution >= 0.6 is 7.82 Å². The van der Waals surface area contributed by atoms with E-state index in [1.54, 1.807) is 25.1 Å². The number of aliphatic imine (C=N–C) groups is 2. The van der Waals surface area contributed by atoms with Crippen molar-refractivity contribution in [3.05, 3.63) is 52.3 Å². The van der Waals surface area contributed by atoms with Crippen molar-refractivity contribution in [3.8, 4) is 0 Å². The molecule has 38 heavy (non-hydrogen) atoms. The summed E-state index contributed by atoms with van der Waals surface area (Å²) in [6, 6.07) is 5.05. The molecule has 0 bridgehead atoms. The lowest BCUT2D eigenvalue weighted by Gasteiger charge is -2.18. The average Bonchev–Trinajstić information content (AvgIpc) is 3.24. The van der Waals surface area contributed by atoms with Gasteiger partial charge in [0, 0.05) is 24.8 Å². The van der Waals surface area contributed by atoms with Crippen molar-refractivity contribution in [1.82, 2.24) is 15.2 Å². The van der Waals surface area contributed by atoms with Crippen molar-refractivity contribution in [1.29, 1.82) is 0 Å². The number of ether oxygens (including phenoxy) is 1. The molecule has 0 radical (unpaired) electrons. The third kappa shape index (κ3) is 8.08. The molecule has 2 aromatic rings. The first-order chi connectivity index (χ1) is 17.9. The van der Waals surface area contributed by atoms with Gasteiger partial charge in [-0.05, 0) is 50.5 Å². The summed E-state index contributed by atoms with van der Waals surface area (Å²) in [5, 5.41) is 2.81. The maximum absolute atomic E-state index is 13.1. The second-order valence-corrected chi connectivity index (χ2v) is 9.11. The summed E-state index contributed by atoms with van der Waals surface area (Å²) in [6.45, 7) is 6.29. The number of phosphoric ester groups is 1. The van der Waals surface area contributed by atoms with Gasteiger partial charge in [-0.2, -0.15) is 0 Å². The van der Waals surface area contributed by atoms with E-state index in [0.29, 0.717) is 29.1 Å². The number of amides is 3. The Bertz CT molecular complexity index is 1280. The molecular weight excluding hydrogens is 519 g/mol. The highest BCUT2D eigenvalue weighted by molar-refractivity contribution is 7.46. The van der Waals surface area contributed by atoms with Crippen molar-refractivity contribution >= 4 is 43.6 Å². The zero-order chi connectivity index (χ0) is 28.5. The molecule has 14 nitrogen and oxygen atoms in total. The van der Waals surface area contributed by atoms with E-state index in [9.17, 15) is 18.9 Å². The van der Waals surface area contributed by atoms with Crippen LogP contribution in [0.2, 0.25) is 0 Å². The molecule has 206 valence electrons. The van der Waals surface area contributed by atoms with Gasteiger partial charge in [0.25, 0.3) is 11.8 Å². The number of amidine groups is 1. The number of aromatic amines is 1. The van der Waals surface area contributed by atoms with Crippen LogP contribution in [0.4, 0.5) is 10.5 Å². The van der Waals surface area contributed by atoms with Crippen LogP contribution < -0.4 is 11.1 Å². The largest absolute Gasteiger partial charge is 0.472 e. The van der Waals surface area contributed by atoms with Crippen LogP contribution in [0.1, 0.15) is 57.8 Å². The Kier molecular flexibility index (Phi) is 10.9. The van der Waals surface area contributed by atoms with Crippen molar-refractivity contribution in [2.45, 2.75) is 34.1 Å². The number of H-pyrrole nitrogens is 1. The minimum atomic E-state index is -4.86. The maximum atomic E-state index is 13.1. The number of carbonyl (C=O) groups excluding carboxylic acids is 3. The van der Waals surface area contributed by atoms with Crippen LogP contribution in [-0.2, 0) is 13.8 Å². The number of hydrogen-bond acceptors (Lipinski definition) is 7. The molecule has 0 fully saturated rings. The van der Waals surface area contributed by atoms with Gasteiger partial charge in [0.15, 0.2) is 5.84 Å². The van der Waals surface area contributed by atoms with Gasteiger partial charge in [0.1, 0.15) is 0 Å². The number of imide groups is 1. The minimum absolute atomic E-state index is 0.0957. The van der Waals surface area contributed by atoms with E-state index in [0.717, 1.165) is 23.2 Å². The molecule has 0 unspecified atom stereocenters. The molecule has 0 aliphatic carbocycles. The number of hydrogen-bond donors (Lipinski definition) is 5. The molecule has 3 amide bonds. The predicted molar refractivity (Wildman–Crippen MR) is 139 cm³/mol. The highest BCUT2D eigenvalue weighted by Gasteiger charge is 2.27. The van der Waals surface area contributed by atoms with Gasteiger partial charge in [0.05, 0.1) is 23.3 Å². The quantitative estimate of drug-likeness (QED) is 0.127. The van der Waals surface area contributed by atoms with Gasteiger partial charge in [-0.25, -0.2) is 28.8 Å². The number of rotatable bonds is 10. The Labute approximate surface area is 219 Å². The van der Waals surface area contributed by atoms with Crippen LogP contribution in [0.5, 0.6) is 0 Å². The van der Waals surface area contributed by atoms with E-state index in [1.807, 2.05) is 13.8 Å². The van der Waals surface area contributed by atoms with Gasteiger partial charge in [-0.3, -0.25) is 9.59 Å². The number of nitrogens with zero attached hydrogens (tertiary/aromatic N) is 3. The van der Waals surface area contributed by atoms with Crippen molar-refractivity contribution < 1.29 is 38.0 Å². The molecule has 1 aromatic carbocycles. The summed E-state index contributed by atoms with van der Waals surface area (Å²) in [5.74, 6) is -0.858. The van der Waals surface area contributed by atoms with E-state index in [2.05, 4.69) is 29.5 Å². The van der Waals surface area contributed by atoms with E-state index in [4.69, 9.17) is 15.5 Å². The summed E-state index contributed by atoms with van der Waals surface area (Å²) < 4.78 is 19.5. The Hall–Kier alpha value is -3.84. The van der Waals surface area contributed by atoms with Crippen LogP contribution in [0, 0.1) is 13.8 Å². The molecule has 0 saturated carbocycles. The number of carbonyl (C=O) groups is 3. The van der Waals surface area contributed by atoms with Gasteiger partial charge in [0.2, 0.25) is 6.79 Å². The number of aryl methyl sites for hydroxylation is 1. The van der Waals surface area contributed by atoms with Crippen LogP contribution in [-0.4, -0.2) is 69.6 Å². The molecule has 2 rings (SSSR count). The van der Waals surface area contributed by atoms with Crippen molar-refractivity contribution in [3.63, 3.8) is 0 Å². The fraction of sp³-hybridized carbons (Fsp3) is 0.348. The summed E-state index contributed by atoms with van der Waals surface area (Å²) in [5.41, 5.74) is 8.01. The van der Waals surface area contributed by atoms with E-state index in [1.165, 1.54) is 13.1 Å². The molecule has 1 heterocycles. The normalized spacial score (nSPS) is 12.0. The summed E-state index contributed by atoms with van der Waals surface area (Å²) in [7, 11) is -4.86. The monoisotopic (exact) mass is 550 g/mol. The summed E-state index contributed by atoms with van der Waals surface area (Å²) in [4.78, 5) is 67.5. The van der Waals surface area contributed by atoms with E-state index in [-0.39, 0.29) is 23.9 Å². The molecule has 0 atom stereocenters. The average molecular weight is 551 g/mol. The highest BCUT2D eigenvalue weighted by atomic mass is 31.2. The first-order valence-corrected chi connectivity index (χ1v) is 13.0. The number of phosphoric acid groups is 1. The molecule has 1 aromatic heterocycles. The van der Waals surface area contributed by atoms with Gasteiger partial charge >= 0.3 is 13.9 Å². The molecule has 15 heteroatoms. The maximum Gasteiger partial charge on any atom is 0.472 e. The second kappa shape index (κ2) is 13.6. The predicted octanol–water partition coefficient (Wildman–Crippen LogP) is 2.50. The van der Waals surface area contributed by atoms with Crippen LogP contribution in [0.3, 0.4) is 0 Å². The van der Waals surface area contributed by atoms with Crippen LogP contribution in [0.15, 0.2) is 34.4 Å². The highest BCUT2D eigenvalue weighted by Crippen LogP contribution is 2.35. The SMILES string of the molecule is CCCNC(=O)c1ccc(C)c(N=C(N=CN)c2[nH]cc(C(=O)N(CC)C(=O)OCOP(=O)(O)O)c2C)c1. The van der Waals surface area contributed by atoms with Crippen LogP contribution in [0.25, 0.3) is 0 Å². The van der Waals surface area contributed by atoms with Crippen molar-refractivity contribution in [2.75, 3.05) is 19.9 Å². The molecule has 6 N–H and O–H groups in total. The Morgan fingerprint density at radius 3 is 2.55 bits per heavy atom. The fourth-order valence-electron chi connectivity index (χ4n) is 3.22. The van der Waals surface area contributed by atoms with Gasteiger partial charge in [-0.1, -0.05) is 13.0 Å². The fourth-order valence-corrected chi connectivity index (χ4v) is 3.41. The van der Waals surface area contributed by atoms with Gasteiger partial charge in [-0.15, -0.1) is 0 Å². The Morgan fingerprint density at radius 2 is 1.95 bits per heavy atom. The third-order valence-corrected chi connectivity index (χ3v) is 5.65. The third-order valence-electron chi connectivity index (χ3n) is 5.21. The Morgan fingerprint density at radius 1 is 1.24 bits per heavy atom. The smallest absolute Gasteiger partial charge is 0.421 e. The molecule has 0 saturated heterocycles. The van der Waals surface area contributed by atoms with E-state index >= 15 is 0 Å². The lowest BCUT2D eigenvalue weighted by molar-refractivity contribution is 0.0210. The van der Waals surface area contributed by atoms with Crippen molar-refractivity contribution in [2.24, 2.45) is 15.7 Å². The lowest BCUT2D eigenvalue weighted by Crippen LogP contribution is -2.37. The number of nitrogens with two attached hydrogens (primary N) is 1. The molecular formula is C23H31N6O8P. The van der Waals surface area contributed by atoms with Gasteiger partial charge < -0.3 is 30.6 Å². The molecule has 0 aliphatic heterocycles. The molecule has 0 spiro atoms. The number of benzene rings is 1. The topological polar surface area (TPSA) is 209 Å². The first-order valence-electron chi connectivity index (χ1n) is 11.5. The second-order valence-electron chi connectivity index (χ2n) is 7.87. The summed E-state index contributed by atoms with van der Waals surface area (Å²) >= 11 is 0. The zero-order valence-corrected chi connectivity index (χ0v) is 22.3. The minimum Gasteiger partial charge on any atom is -0.421 e. The first kappa shape index (κ1) is 30.4. The number of nitrogens with one attached hydrogen (secondary N) is 2. The standard InChI is InChI=1S/C23H31N6O8P/c1-5-9-25-21(30)16-8-7-14(3)18(10-16)28-20(27-12-24)19-15(4)17(11-26-19)22(31)29(6-2)23(32)36-13-37-38(33,34)35/h7-8,10-12,26H,5-6,9,13H2,1-4H3,(H,25,30)(H2,24,27,28)(H2,33,34,35). The molecule has 0 aliphatic rings. The Balaban J connectivity index is 2.38. The number of aromatic nitrogens is 1. The zero-order valence-electron chi connectivity index (χ0n) is 21.4. The summed E-state index contributed by atoms with van der Waals surface area (Å²) in [6.07, 6.45) is 2.03.